The number of rotatable bonds is 4. The smallest absolute Gasteiger partial charge is 0.338 e. The zero-order valence-corrected chi connectivity index (χ0v) is 13.0. The van der Waals surface area contributed by atoms with Crippen LogP contribution < -0.4 is 0 Å². The molecule has 23 heavy (non-hydrogen) atoms. The Labute approximate surface area is 133 Å². The number of amides is 1. The minimum atomic E-state index is -0.694. The lowest BCUT2D eigenvalue weighted by molar-refractivity contribution is -0.384. The van der Waals surface area contributed by atoms with E-state index in [1.807, 2.05) is 6.92 Å². The Balaban J connectivity index is 2.34. The molecule has 124 valence electrons. The Morgan fingerprint density at radius 3 is 2.70 bits per heavy atom. The molecule has 0 spiro atoms. The van der Waals surface area contributed by atoms with Gasteiger partial charge in [-0.25, -0.2) is 4.79 Å². The Morgan fingerprint density at radius 1 is 1.39 bits per heavy atom. The summed E-state index contributed by atoms with van der Waals surface area (Å²) in [6.45, 7) is 4.84. The molecule has 8 nitrogen and oxygen atoms in total. The van der Waals surface area contributed by atoms with Crippen molar-refractivity contribution in [3.8, 4) is 0 Å². The molecule has 1 aromatic rings. The summed E-state index contributed by atoms with van der Waals surface area (Å²) in [6, 6.07) is 3.61. The third kappa shape index (κ3) is 4.04. The van der Waals surface area contributed by atoms with Gasteiger partial charge in [-0.3, -0.25) is 14.9 Å². The number of hydrogen-bond donors (Lipinski definition) is 0. The van der Waals surface area contributed by atoms with Gasteiger partial charge in [0.2, 0.25) is 0 Å². The molecule has 0 bridgehead atoms. The van der Waals surface area contributed by atoms with Crippen molar-refractivity contribution < 1.29 is 24.0 Å². The summed E-state index contributed by atoms with van der Waals surface area (Å²) in [5.74, 6) is -1.06. The Bertz CT molecular complexity index is 630. The van der Waals surface area contributed by atoms with E-state index in [1.165, 1.54) is 12.1 Å². The third-order valence-electron chi connectivity index (χ3n) is 3.41. The van der Waals surface area contributed by atoms with Crippen molar-refractivity contribution >= 4 is 17.6 Å². The van der Waals surface area contributed by atoms with Crippen LogP contribution in [0.2, 0.25) is 0 Å². The summed E-state index contributed by atoms with van der Waals surface area (Å²) < 4.78 is 10.2. The van der Waals surface area contributed by atoms with E-state index in [9.17, 15) is 19.7 Å². The molecule has 1 aliphatic rings. The lowest BCUT2D eigenvalue weighted by Crippen LogP contribution is -2.44. The zero-order valence-electron chi connectivity index (χ0n) is 13.0. The van der Waals surface area contributed by atoms with Crippen LogP contribution in [-0.2, 0) is 9.47 Å². The first kappa shape index (κ1) is 16.9. The van der Waals surface area contributed by atoms with Gasteiger partial charge in [0.15, 0.2) is 0 Å². The first-order valence-corrected chi connectivity index (χ1v) is 7.29. The summed E-state index contributed by atoms with van der Waals surface area (Å²) in [5.41, 5.74) is -0.234. The standard InChI is InChI=1S/C15H18N2O6/c1-3-22-15(19)12-6-11(7-13(8-12)17(20)21)14(18)16-4-5-23-10(2)9-16/h6-8,10H,3-5,9H2,1-2H3. The highest BCUT2D eigenvalue weighted by atomic mass is 16.6. The van der Waals surface area contributed by atoms with Gasteiger partial charge < -0.3 is 14.4 Å². The Kier molecular flexibility index (Phi) is 5.28. The van der Waals surface area contributed by atoms with Gasteiger partial charge in [-0.15, -0.1) is 0 Å². The van der Waals surface area contributed by atoms with E-state index in [1.54, 1.807) is 11.8 Å². The highest BCUT2D eigenvalue weighted by Gasteiger charge is 2.25. The molecule has 0 saturated carbocycles. The van der Waals surface area contributed by atoms with Crippen LogP contribution in [0.25, 0.3) is 0 Å². The second kappa shape index (κ2) is 7.19. The lowest BCUT2D eigenvalue weighted by atomic mass is 10.1. The molecule has 0 aromatic heterocycles. The van der Waals surface area contributed by atoms with Gasteiger partial charge >= 0.3 is 5.97 Å². The minimum absolute atomic E-state index is 0.00860. The van der Waals surface area contributed by atoms with Crippen LogP contribution >= 0.6 is 0 Å². The molecule has 1 unspecified atom stereocenters. The molecular formula is C15H18N2O6. The number of nitrogens with zero attached hydrogens (tertiary/aromatic N) is 2. The molecule has 1 saturated heterocycles. The summed E-state index contributed by atoms with van der Waals surface area (Å²) in [7, 11) is 0. The van der Waals surface area contributed by atoms with Crippen molar-refractivity contribution in [2.45, 2.75) is 20.0 Å². The summed E-state index contributed by atoms with van der Waals surface area (Å²) in [5, 5.41) is 11.0. The predicted molar refractivity (Wildman–Crippen MR) is 80.4 cm³/mol. The summed E-state index contributed by atoms with van der Waals surface area (Å²) >= 11 is 0. The number of benzene rings is 1. The Morgan fingerprint density at radius 2 is 2.09 bits per heavy atom. The van der Waals surface area contributed by atoms with Crippen LogP contribution in [0.15, 0.2) is 18.2 Å². The fourth-order valence-electron chi connectivity index (χ4n) is 2.36. The molecule has 8 heteroatoms. The third-order valence-corrected chi connectivity index (χ3v) is 3.41. The number of nitro benzene ring substituents is 1. The number of non-ortho nitro benzene ring substituents is 1. The number of carbonyl (C=O) groups excluding carboxylic acids is 2. The van der Waals surface area contributed by atoms with Crippen LogP contribution in [0.4, 0.5) is 5.69 Å². The summed E-state index contributed by atoms with van der Waals surface area (Å²) in [6.07, 6.45) is -0.101. The van der Waals surface area contributed by atoms with Crippen LogP contribution in [0.5, 0.6) is 0 Å². The molecule has 1 amide bonds. The molecule has 1 aromatic carbocycles. The number of hydrogen-bond acceptors (Lipinski definition) is 6. The maximum atomic E-state index is 12.5. The quantitative estimate of drug-likeness (QED) is 0.474. The average molecular weight is 322 g/mol. The molecule has 1 heterocycles. The van der Waals surface area contributed by atoms with Crippen molar-refractivity contribution in [2.24, 2.45) is 0 Å². The second-order valence-electron chi connectivity index (χ2n) is 5.18. The highest BCUT2D eigenvalue weighted by Crippen LogP contribution is 2.20. The molecule has 2 rings (SSSR count). The number of ether oxygens (including phenoxy) is 2. The van der Waals surface area contributed by atoms with E-state index >= 15 is 0 Å². The molecule has 0 radical (unpaired) electrons. The van der Waals surface area contributed by atoms with Gasteiger partial charge in [0, 0.05) is 30.8 Å². The SMILES string of the molecule is CCOC(=O)c1cc(C(=O)N2CCOC(C)C2)cc([N+](=O)[O-])c1. The largest absolute Gasteiger partial charge is 0.462 e. The topological polar surface area (TPSA) is 99.0 Å². The van der Waals surface area contributed by atoms with Crippen molar-refractivity contribution in [2.75, 3.05) is 26.3 Å². The van der Waals surface area contributed by atoms with E-state index in [2.05, 4.69) is 0 Å². The maximum absolute atomic E-state index is 12.5. The van der Waals surface area contributed by atoms with Crippen LogP contribution in [0.3, 0.4) is 0 Å². The minimum Gasteiger partial charge on any atom is -0.462 e. The fraction of sp³-hybridized carbons (Fsp3) is 0.467. The lowest BCUT2D eigenvalue weighted by Gasteiger charge is -2.31. The van der Waals surface area contributed by atoms with Crippen LogP contribution in [-0.4, -0.2) is 54.1 Å². The first-order valence-electron chi connectivity index (χ1n) is 7.29. The van der Waals surface area contributed by atoms with E-state index in [-0.39, 0.29) is 35.4 Å². The molecular weight excluding hydrogens is 304 g/mol. The van der Waals surface area contributed by atoms with Crippen molar-refractivity contribution in [3.05, 3.63) is 39.4 Å². The fourth-order valence-corrected chi connectivity index (χ4v) is 2.36. The van der Waals surface area contributed by atoms with E-state index in [4.69, 9.17) is 9.47 Å². The molecule has 0 aliphatic carbocycles. The first-order chi connectivity index (χ1) is 10.9. The molecule has 0 N–H and O–H groups in total. The Hall–Kier alpha value is -2.48. The highest BCUT2D eigenvalue weighted by molar-refractivity contribution is 5.99. The van der Waals surface area contributed by atoms with Gasteiger partial charge in [-0.05, 0) is 19.9 Å². The molecule has 1 aliphatic heterocycles. The van der Waals surface area contributed by atoms with Gasteiger partial charge in [0.05, 0.1) is 29.8 Å². The number of carbonyl (C=O) groups is 2. The van der Waals surface area contributed by atoms with E-state index < -0.39 is 10.9 Å². The van der Waals surface area contributed by atoms with Gasteiger partial charge in [-0.2, -0.15) is 0 Å². The molecule has 1 fully saturated rings. The van der Waals surface area contributed by atoms with Gasteiger partial charge in [0.1, 0.15) is 0 Å². The number of esters is 1. The number of nitro groups is 1. The summed E-state index contributed by atoms with van der Waals surface area (Å²) in [4.78, 5) is 36.3. The monoisotopic (exact) mass is 322 g/mol. The van der Waals surface area contributed by atoms with Crippen molar-refractivity contribution in [1.29, 1.82) is 0 Å². The zero-order chi connectivity index (χ0) is 17.0. The van der Waals surface area contributed by atoms with E-state index in [0.717, 1.165) is 6.07 Å². The normalized spacial score (nSPS) is 17.7. The van der Waals surface area contributed by atoms with E-state index in [0.29, 0.717) is 19.7 Å². The van der Waals surface area contributed by atoms with Gasteiger partial charge in [0.25, 0.3) is 11.6 Å². The molecule has 1 atom stereocenters. The van der Waals surface area contributed by atoms with Crippen LogP contribution in [0.1, 0.15) is 34.6 Å². The van der Waals surface area contributed by atoms with Crippen molar-refractivity contribution in [1.82, 2.24) is 4.90 Å². The number of morpholine rings is 1. The average Bonchev–Trinajstić information content (AvgIpc) is 2.54. The predicted octanol–water partition coefficient (Wildman–Crippen LogP) is 1.63. The van der Waals surface area contributed by atoms with Crippen molar-refractivity contribution in [3.63, 3.8) is 0 Å². The maximum Gasteiger partial charge on any atom is 0.338 e. The van der Waals surface area contributed by atoms with Gasteiger partial charge in [-0.1, -0.05) is 0 Å². The van der Waals surface area contributed by atoms with Crippen LogP contribution in [0, 0.1) is 10.1 Å². The second-order valence-corrected chi connectivity index (χ2v) is 5.18.